The van der Waals surface area contributed by atoms with Crippen LogP contribution in [0.1, 0.15) is 35.8 Å². The van der Waals surface area contributed by atoms with Crippen molar-refractivity contribution in [3.05, 3.63) is 47.9 Å². The molecule has 1 aliphatic rings. The number of carbonyl (C=O) groups excluding carboxylic acids is 1. The molecule has 0 spiro atoms. The van der Waals surface area contributed by atoms with Crippen molar-refractivity contribution < 1.29 is 4.79 Å². The Morgan fingerprint density at radius 1 is 1.22 bits per heavy atom. The third-order valence-corrected chi connectivity index (χ3v) is 4.27. The van der Waals surface area contributed by atoms with Gasteiger partial charge in [0.15, 0.2) is 0 Å². The third-order valence-electron chi connectivity index (χ3n) is 4.27. The van der Waals surface area contributed by atoms with E-state index in [-0.39, 0.29) is 5.91 Å². The number of benzene rings is 1. The van der Waals surface area contributed by atoms with E-state index in [1.54, 1.807) is 6.07 Å². The van der Waals surface area contributed by atoms with Crippen LogP contribution in [0, 0.1) is 12.8 Å². The summed E-state index contributed by atoms with van der Waals surface area (Å²) >= 11 is 0. The number of amides is 1. The third kappa shape index (κ3) is 3.86. The van der Waals surface area contributed by atoms with Crippen LogP contribution >= 0.6 is 0 Å². The maximum atomic E-state index is 12.4. The first kappa shape index (κ1) is 15.5. The highest BCUT2D eigenvalue weighted by Gasteiger charge is 2.18. The van der Waals surface area contributed by atoms with E-state index in [2.05, 4.69) is 27.1 Å². The van der Waals surface area contributed by atoms with Crippen LogP contribution in [0.3, 0.4) is 0 Å². The summed E-state index contributed by atoms with van der Waals surface area (Å²) in [6.45, 7) is 6.24. The molecule has 1 fully saturated rings. The van der Waals surface area contributed by atoms with Gasteiger partial charge in [-0.3, -0.25) is 4.79 Å². The molecule has 1 aromatic heterocycles. The van der Waals surface area contributed by atoms with Crippen LogP contribution in [-0.2, 0) is 0 Å². The Bertz CT molecular complexity index is 693. The van der Waals surface area contributed by atoms with E-state index in [4.69, 9.17) is 0 Å². The number of aryl methyl sites for hydroxylation is 1. The number of nitrogens with zero attached hydrogens (tertiary/aromatic N) is 3. The van der Waals surface area contributed by atoms with Crippen LogP contribution < -0.4 is 10.2 Å². The van der Waals surface area contributed by atoms with E-state index >= 15 is 0 Å². The molecule has 0 radical (unpaired) electrons. The SMILES string of the molecule is Cc1cccc(NC(=O)c2cc(N3CCC(C)CC3)ncn2)c1. The molecule has 1 aromatic carbocycles. The summed E-state index contributed by atoms with van der Waals surface area (Å²) in [5.41, 5.74) is 2.28. The molecule has 2 aromatic rings. The summed E-state index contributed by atoms with van der Waals surface area (Å²) in [5, 5.41) is 2.89. The Kier molecular flexibility index (Phi) is 4.55. The first-order chi connectivity index (χ1) is 11.1. The Morgan fingerprint density at radius 2 is 2.00 bits per heavy atom. The molecular formula is C18H22N4O. The quantitative estimate of drug-likeness (QED) is 0.945. The van der Waals surface area contributed by atoms with Gasteiger partial charge < -0.3 is 10.2 Å². The molecule has 23 heavy (non-hydrogen) atoms. The monoisotopic (exact) mass is 310 g/mol. The average molecular weight is 310 g/mol. The van der Waals surface area contributed by atoms with Gasteiger partial charge in [-0.2, -0.15) is 0 Å². The summed E-state index contributed by atoms with van der Waals surface area (Å²) in [7, 11) is 0. The smallest absolute Gasteiger partial charge is 0.274 e. The number of rotatable bonds is 3. The standard InChI is InChI=1S/C18H22N4O/c1-13-6-8-22(9-7-13)17-11-16(19-12-20-17)18(23)21-15-5-3-4-14(2)10-15/h3-5,10-13H,6-9H2,1-2H3,(H,21,23). The maximum Gasteiger partial charge on any atom is 0.274 e. The Morgan fingerprint density at radius 3 is 2.74 bits per heavy atom. The second-order valence-electron chi connectivity index (χ2n) is 6.25. The van der Waals surface area contributed by atoms with Crippen LogP contribution in [0.5, 0.6) is 0 Å². The number of carbonyl (C=O) groups is 1. The zero-order chi connectivity index (χ0) is 16.2. The normalized spacial score (nSPS) is 15.5. The zero-order valence-corrected chi connectivity index (χ0v) is 13.6. The fraction of sp³-hybridized carbons (Fsp3) is 0.389. The number of piperidine rings is 1. The summed E-state index contributed by atoms with van der Waals surface area (Å²) < 4.78 is 0. The number of anilines is 2. The highest BCUT2D eigenvalue weighted by atomic mass is 16.1. The van der Waals surface area contributed by atoms with Gasteiger partial charge in [-0.1, -0.05) is 19.1 Å². The summed E-state index contributed by atoms with van der Waals surface area (Å²) in [6.07, 6.45) is 3.79. The van der Waals surface area contributed by atoms with Gasteiger partial charge in [0, 0.05) is 24.8 Å². The van der Waals surface area contributed by atoms with Gasteiger partial charge in [-0.25, -0.2) is 9.97 Å². The molecule has 0 aliphatic carbocycles. The lowest BCUT2D eigenvalue weighted by atomic mass is 9.99. The predicted molar refractivity (Wildman–Crippen MR) is 91.8 cm³/mol. The van der Waals surface area contributed by atoms with Crippen LogP contribution in [0.15, 0.2) is 36.7 Å². The van der Waals surface area contributed by atoms with Crippen molar-refractivity contribution >= 4 is 17.4 Å². The fourth-order valence-corrected chi connectivity index (χ4v) is 2.80. The lowest BCUT2D eigenvalue weighted by molar-refractivity contribution is 0.102. The molecule has 2 heterocycles. The Labute approximate surface area is 136 Å². The minimum atomic E-state index is -0.204. The zero-order valence-electron chi connectivity index (χ0n) is 13.6. The number of aromatic nitrogens is 2. The van der Waals surface area contributed by atoms with Crippen LogP contribution in [0.2, 0.25) is 0 Å². The Balaban J connectivity index is 1.72. The van der Waals surface area contributed by atoms with Gasteiger partial charge in [-0.05, 0) is 43.4 Å². The minimum Gasteiger partial charge on any atom is -0.356 e. The summed E-state index contributed by atoms with van der Waals surface area (Å²) in [4.78, 5) is 23.1. The average Bonchev–Trinajstić information content (AvgIpc) is 2.56. The number of hydrogen-bond acceptors (Lipinski definition) is 4. The van der Waals surface area contributed by atoms with Crippen molar-refractivity contribution in [1.82, 2.24) is 9.97 Å². The number of hydrogen-bond donors (Lipinski definition) is 1. The fourth-order valence-electron chi connectivity index (χ4n) is 2.80. The lowest BCUT2D eigenvalue weighted by Gasteiger charge is -2.31. The molecule has 1 aliphatic heterocycles. The minimum absolute atomic E-state index is 0.204. The maximum absolute atomic E-state index is 12.4. The molecule has 5 heteroatoms. The van der Waals surface area contributed by atoms with Crippen molar-refractivity contribution in [3.8, 4) is 0 Å². The van der Waals surface area contributed by atoms with Crippen LogP contribution in [0.4, 0.5) is 11.5 Å². The van der Waals surface area contributed by atoms with Crippen molar-refractivity contribution in [1.29, 1.82) is 0 Å². The molecule has 1 amide bonds. The molecule has 1 N–H and O–H groups in total. The van der Waals surface area contributed by atoms with Crippen molar-refractivity contribution in [2.75, 3.05) is 23.3 Å². The summed E-state index contributed by atoms with van der Waals surface area (Å²) in [5.74, 6) is 1.39. The largest absolute Gasteiger partial charge is 0.356 e. The van der Waals surface area contributed by atoms with Crippen molar-refractivity contribution in [2.24, 2.45) is 5.92 Å². The van der Waals surface area contributed by atoms with Crippen LogP contribution in [0.25, 0.3) is 0 Å². The molecule has 0 atom stereocenters. The molecule has 0 unspecified atom stereocenters. The van der Waals surface area contributed by atoms with E-state index < -0.39 is 0 Å². The Hall–Kier alpha value is -2.43. The molecule has 0 bridgehead atoms. The topological polar surface area (TPSA) is 58.1 Å². The highest BCUT2D eigenvalue weighted by Crippen LogP contribution is 2.21. The molecule has 120 valence electrons. The van der Waals surface area contributed by atoms with E-state index in [1.807, 2.05) is 31.2 Å². The lowest BCUT2D eigenvalue weighted by Crippen LogP contribution is -2.33. The second kappa shape index (κ2) is 6.77. The van der Waals surface area contributed by atoms with Gasteiger partial charge in [0.05, 0.1) is 0 Å². The second-order valence-corrected chi connectivity index (χ2v) is 6.25. The first-order valence-corrected chi connectivity index (χ1v) is 8.07. The van der Waals surface area contributed by atoms with Gasteiger partial charge in [0.2, 0.25) is 0 Å². The van der Waals surface area contributed by atoms with Crippen molar-refractivity contribution in [2.45, 2.75) is 26.7 Å². The number of nitrogens with one attached hydrogen (secondary N) is 1. The highest BCUT2D eigenvalue weighted by molar-refractivity contribution is 6.03. The van der Waals surface area contributed by atoms with E-state index in [1.165, 1.54) is 6.33 Å². The summed E-state index contributed by atoms with van der Waals surface area (Å²) in [6, 6.07) is 9.51. The van der Waals surface area contributed by atoms with Gasteiger partial charge >= 0.3 is 0 Å². The van der Waals surface area contributed by atoms with E-state index in [0.29, 0.717) is 5.69 Å². The predicted octanol–water partition coefficient (Wildman–Crippen LogP) is 3.27. The van der Waals surface area contributed by atoms with E-state index in [0.717, 1.165) is 48.9 Å². The molecule has 0 saturated carbocycles. The van der Waals surface area contributed by atoms with Gasteiger partial charge in [-0.15, -0.1) is 0 Å². The van der Waals surface area contributed by atoms with Gasteiger partial charge in [0.1, 0.15) is 17.8 Å². The van der Waals surface area contributed by atoms with Gasteiger partial charge in [0.25, 0.3) is 5.91 Å². The molecular weight excluding hydrogens is 288 g/mol. The first-order valence-electron chi connectivity index (χ1n) is 8.07. The molecule has 1 saturated heterocycles. The van der Waals surface area contributed by atoms with Crippen molar-refractivity contribution in [3.63, 3.8) is 0 Å². The molecule has 3 rings (SSSR count). The molecule has 5 nitrogen and oxygen atoms in total. The van der Waals surface area contributed by atoms with Crippen LogP contribution in [-0.4, -0.2) is 29.0 Å². The van der Waals surface area contributed by atoms with E-state index in [9.17, 15) is 4.79 Å².